The summed E-state index contributed by atoms with van der Waals surface area (Å²) in [5, 5.41) is -0.271. The average molecular weight is 476 g/mol. The molecule has 5 nitrogen and oxygen atoms in total. The second-order valence-electron chi connectivity index (χ2n) is 6.64. The molecule has 3 rings (SSSR count). The van der Waals surface area contributed by atoms with Gasteiger partial charge in [-0.25, -0.2) is 0 Å². The number of amides is 2. The van der Waals surface area contributed by atoms with Gasteiger partial charge in [-0.2, -0.15) is 0 Å². The highest BCUT2D eigenvalue weighted by Crippen LogP contribution is 2.35. The van der Waals surface area contributed by atoms with E-state index >= 15 is 0 Å². The van der Waals surface area contributed by atoms with Crippen LogP contribution in [0.25, 0.3) is 6.08 Å². The van der Waals surface area contributed by atoms with E-state index in [0.717, 1.165) is 33.8 Å². The van der Waals surface area contributed by atoms with Gasteiger partial charge in [0.15, 0.2) is 11.5 Å². The zero-order valence-electron chi connectivity index (χ0n) is 16.5. The van der Waals surface area contributed by atoms with E-state index in [2.05, 4.69) is 22.9 Å². The maximum absolute atomic E-state index is 12.7. The van der Waals surface area contributed by atoms with Crippen molar-refractivity contribution in [3.05, 3.63) is 63.0 Å². The molecule has 0 aromatic heterocycles. The Morgan fingerprint density at radius 3 is 2.52 bits per heavy atom. The molecule has 1 saturated heterocycles. The smallest absolute Gasteiger partial charge is 0.293 e. The standard InChI is InChI=1S/C22H22BrNO4S/c1-4-14(2)28-18-10-7-16(11-19(18)27-3)12-20-21(25)24(22(26)29-20)13-15-5-8-17(23)9-6-15/h5-12,14H,4,13H2,1-3H3/b20-12-/t14-/m1/s1. The van der Waals surface area contributed by atoms with Crippen molar-refractivity contribution in [1.29, 1.82) is 0 Å². The molecule has 0 aliphatic carbocycles. The number of benzene rings is 2. The average Bonchev–Trinajstić information content (AvgIpc) is 2.97. The maximum Gasteiger partial charge on any atom is 0.293 e. The molecule has 7 heteroatoms. The number of halogens is 1. The summed E-state index contributed by atoms with van der Waals surface area (Å²) in [5.41, 5.74) is 1.66. The second-order valence-corrected chi connectivity index (χ2v) is 8.55. The first kappa shape index (κ1) is 21.5. The van der Waals surface area contributed by atoms with E-state index in [-0.39, 0.29) is 23.8 Å². The largest absolute Gasteiger partial charge is 0.493 e. The number of ether oxygens (including phenoxy) is 2. The van der Waals surface area contributed by atoms with Crippen LogP contribution in [-0.4, -0.2) is 29.3 Å². The second kappa shape index (κ2) is 9.50. The number of thioether (sulfide) groups is 1. The van der Waals surface area contributed by atoms with Crippen LogP contribution >= 0.6 is 27.7 Å². The summed E-state index contributed by atoms with van der Waals surface area (Å²) < 4.78 is 12.2. The Kier molecular flexibility index (Phi) is 7.03. The number of rotatable bonds is 7. The molecule has 1 aliphatic rings. The lowest BCUT2D eigenvalue weighted by atomic mass is 10.1. The van der Waals surface area contributed by atoms with Crippen LogP contribution in [0.4, 0.5) is 4.79 Å². The monoisotopic (exact) mass is 475 g/mol. The summed E-state index contributed by atoms with van der Waals surface area (Å²) in [6.07, 6.45) is 2.67. The van der Waals surface area contributed by atoms with Gasteiger partial charge in [0.25, 0.3) is 11.1 Å². The number of carbonyl (C=O) groups is 2. The lowest BCUT2D eigenvalue weighted by molar-refractivity contribution is -0.123. The van der Waals surface area contributed by atoms with E-state index in [1.807, 2.05) is 43.3 Å². The molecule has 1 atom stereocenters. The SMILES string of the molecule is CC[C@@H](C)Oc1ccc(/C=C2\SC(=O)N(Cc3ccc(Br)cc3)C2=O)cc1OC. The highest BCUT2D eigenvalue weighted by atomic mass is 79.9. The number of methoxy groups -OCH3 is 1. The van der Waals surface area contributed by atoms with Crippen LogP contribution in [0.5, 0.6) is 11.5 Å². The van der Waals surface area contributed by atoms with Crippen molar-refractivity contribution in [1.82, 2.24) is 4.90 Å². The predicted octanol–water partition coefficient (Wildman–Crippen LogP) is 5.87. The van der Waals surface area contributed by atoms with Gasteiger partial charge in [-0.15, -0.1) is 0 Å². The zero-order chi connectivity index (χ0) is 21.0. The third-order valence-electron chi connectivity index (χ3n) is 4.52. The molecular formula is C22H22BrNO4S. The molecule has 2 aromatic rings. The molecule has 0 saturated carbocycles. The Morgan fingerprint density at radius 1 is 1.14 bits per heavy atom. The fraction of sp³-hybridized carbons (Fsp3) is 0.273. The van der Waals surface area contributed by atoms with Gasteiger partial charge in [0.05, 0.1) is 24.7 Å². The van der Waals surface area contributed by atoms with Crippen molar-refractivity contribution in [2.45, 2.75) is 32.9 Å². The molecule has 0 N–H and O–H groups in total. The molecule has 0 bridgehead atoms. The van der Waals surface area contributed by atoms with E-state index in [1.165, 1.54) is 4.90 Å². The first-order valence-corrected chi connectivity index (χ1v) is 10.9. The Hall–Kier alpha value is -2.25. The molecule has 2 aromatic carbocycles. The Morgan fingerprint density at radius 2 is 1.86 bits per heavy atom. The van der Waals surface area contributed by atoms with Crippen LogP contribution in [-0.2, 0) is 11.3 Å². The van der Waals surface area contributed by atoms with Crippen molar-refractivity contribution in [2.75, 3.05) is 7.11 Å². The zero-order valence-corrected chi connectivity index (χ0v) is 18.9. The third-order valence-corrected chi connectivity index (χ3v) is 5.95. The van der Waals surface area contributed by atoms with Crippen molar-refractivity contribution < 1.29 is 19.1 Å². The summed E-state index contributed by atoms with van der Waals surface area (Å²) in [5.74, 6) is 0.956. The molecule has 2 amide bonds. The molecule has 1 aliphatic heterocycles. The lowest BCUT2D eigenvalue weighted by Crippen LogP contribution is -2.27. The van der Waals surface area contributed by atoms with E-state index < -0.39 is 0 Å². The van der Waals surface area contributed by atoms with Crippen LogP contribution in [0, 0.1) is 0 Å². The van der Waals surface area contributed by atoms with Crippen LogP contribution in [0.15, 0.2) is 51.8 Å². The Bertz CT molecular complexity index is 942. The molecule has 29 heavy (non-hydrogen) atoms. The van der Waals surface area contributed by atoms with E-state index in [4.69, 9.17) is 9.47 Å². The summed E-state index contributed by atoms with van der Waals surface area (Å²) >= 11 is 4.33. The van der Waals surface area contributed by atoms with Gasteiger partial charge in [0.2, 0.25) is 0 Å². The summed E-state index contributed by atoms with van der Waals surface area (Å²) in [7, 11) is 1.58. The van der Waals surface area contributed by atoms with Crippen LogP contribution in [0.3, 0.4) is 0 Å². The molecule has 1 fully saturated rings. The molecular weight excluding hydrogens is 454 g/mol. The molecule has 152 valence electrons. The number of carbonyl (C=O) groups excluding carboxylic acids is 2. The summed E-state index contributed by atoms with van der Waals surface area (Å²) in [6.45, 7) is 4.30. The normalized spacial score (nSPS) is 16.4. The van der Waals surface area contributed by atoms with Crippen molar-refractivity contribution in [3.63, 3.8) is 0 Å². The van der Waals surface area contributed by atoms with E-state index in [1.54, 1.807) is 19.3 Å². The van der Waals surface area contributed by atoms with Crippen LogP contribution < -0.4 is 9.47 Å². The number of imide groups is 1. The highest BCUT2D eigenvalue weighted by Gasteiger charge is 2.35. The van der Waals surface area contributed by atoms with Crippen LogP contribution in [0.1, 0.15) is 31.4 Å². The van der Waals surface area contributed by atoms with Gasteiger partial charge in [-0.1, -0.05) is 41.1 Å². The fourth-order valence-electron chi connectivity index (χ4n) is 2.73. The van der Waals surface area contributed by atoms with Crippen molar-refractivity contribution in [3.8, 4) is 11.5 Å². The molecule has 0 radical (unpaired) electrons. The highest BCUT2D eigenvalue weighted by molar-refractivity contribution is 9.10. The van der Waals surface area contributed by atoms with Gasteiger partial charge < -0.3 is 9.47 Å². The summed E-state index contributed by atoms with van der Waals surface area (Å²) in [6, 6.07) is 13.0. The van der Waals surface area contributed by atoms with Gasteiger partial charge in [-0.3, -0.25) is 14.5 Å². The Labute approximate surface area is 183 Å². The van der Waals surface area contributed by atoms with Gasteiger partial charge in [-0.05, 0) is 66.6 Å². The topological polar surface area (TPSA) is 55.8 Å². The molecule has 0 spiro atoms. The maximum atomic E-state index is 12.7. The molecule has 1 heterocycles. The first-order chi connectivity index (χ1) is 13.9. The lowest BCUT2D eigenvalue weighted by Gasteiger charge is -2.15. The molecule has 0 unspecified atom stereocenters. The van der Waals surface area contributed by atoms with E-state index in [0.29, 0.717) is 16.4 Å². The minimum atomic E-state index is -0.290. The van der Waals surface area contributed by atoms with Crippen LogP contribution in [0.2, 0.25) is 0 Å². The first-order valence-electron chi connectivity index (χ1n) is 9.25. The van der Waals surface area contributed by atoms with Gasteiger partial charge in [0.1, 0.15) is 0 Å². The van der Waals surface area contributed by atoms with E-state index in [9.17, 15) is 9.59 Å². The minimum Gasteiger partial charge on any atom is -0.493 e. The Balaban J connectivity index is 1.79. The quantitative estimate of drug-likeness (QED) is 0.468. The fourth-order valence-corrected chi connectivity index (χ4v) is 3.83. The van der Waals surface area contributed by atoms with Crippen molar-refractivity contribution in [2.24, 2.45) is 0 Å². The predicted molar refractivity (Wildman–Crippen MR) is 119 cm³/mol. The van der Waals surface area contributed by atoms with Gasteiger partial charge in [0, 0.05) is 4.47 Å². The minimum absolute atomic E-state index is 0.0739. The number of hydrogen-bond acceptors (Lipinski definition) is 5. The number of nitrogens with zero attached hydrogens (tertiary/aromatic N) is 1. The number of hydrogen-bond donors (Lipinski definition) is 0. The van der Waals surface area contributed by atoms with Gasteiger partial charge >= 0.3 is 0 Å². The summed E-state index contributed by atoms with van der Waals surface area (Å²) in [4.78, 5) is 26.8. The van der Waals surface area contributed by atoms with Crippen molar-refractivity contribution >= 4 is 44.9 Å². The third kappa shape index (κ3) is 5.22.